The van der Waals surface area contributed by atoms with Crippen LogP contribution in [-0.2, 0) is 23.4 Å². The molecule has 0 bridgehead atoms. The van der Waals surface area contributed by atoms with Crippen LogP contribution in [0.4, 0.5) is 8.78 Å². The van der Waals surface area contributed by atoms with Gasteiger partial charge in [-0.15, -0.1) is 0 Å². The lowest BCUT2D eigenvalue weighted by molar-refractivity contribution is -0.0205. The summed E-state index contributed by atoms with van der Waals surface area (Å²) in [6, 6.07) is 3.57. The summed E-state index contributed by atoms with van der Waals surface area (Å²) in [5, 5.41) is 8.20. The molecule has 1 aromatic carbocycles. The van der Waals surface area contributed by atoms with Gasteiger partial charge >= 0.3 is 0 Å². The molecule has 0 radical (unpaired) electrons. The van der Waals surface area contributed by atoms with Crippen molar-refractivity contribution in [2.45, 2.75) is 25.1 Å². The van der Waals surface area contributed by atoms with Crippen molar-refractivity contribution in [3.8, 4) is 0 Å². The number of nitrogens with zero attached hydrogens (tertiary/aromatic N) is 6. The predicted molar refractivity (Wildman–Crippen MR) is 82.1 cm³/mol. The first-order valence-electron chi connectivity index (χ1n) is 7.89. The van der Waals surface area contributed by atoms with Crippen LogP contribution in [0.2, 0.25) is 0 Å². The molecule has 3 aromatic rings. The third-order valence-electron chi connectivity index (χ3n) is 4.43. The van der Waals surface area contributed by atoms with Gasteiger partial charge in [-0.3, -0.25) is 4.68 Å². The van der Waals surface area contributed by atoms with Crippen LogP contribution in [-0.4, -0.2) is 36.1 Å². The second-order valence-corrected chi connectivity index (χ2v) is 6.21. The highest BCUT2D eigenvalue weighted by Crippen LogP contribution is 2.42. The van der Waals surface area contributed by atoms with Crippen LogP contribution >= 0.6 is 0 Å². The molecule has 0 amide bonds. The van der Waals surface area contributed by atoms with Crippen LogP contribution in [0.1, 0.15) is 12.0 Å². The molecule has 3 heterocycles. The van der Waals surface area contributed by atoms with Crippen molar-refractivity contribution in [1.82, 2.24) is 29.5 Å². The highest BCUT2D eigenvalue weighted by atomic mass is 19.1. The Labute approximate surface area is 142 Å². The van der Waals surface area contributed by atoms with Gasteiger partial charge in [0, 0.05) is 24.1 Å². The summed E-state index contributed by atoms with van der Waals surface area (Å²) >= 11 is 0. The molecule has 2 aromatic heterocycles. The van der Waals surface area contributed by atoms with Gasteiger partial charge in [0.25, 0.3) is 0 Å². The first kappa shape index (κ1) is 15.8. The maximum atomic E-state index is 14.5. The lowest BCUT2D eigenvalue weighted by Crippen LogP contribution is -2.32. The Kier molecular flexibility index (Phi) is 4.00. The number of ether oxygens (including phenoxy) is 1. The summed E-state index contributed by atoms with van der Waals surface area (Å²) in [6.45, 7) is 1.34. The monoisotopic (exact) mass is 346 g/mol. The van der Waals surface area contributed by atoms with Crippen LogP contribution in [0.5, 0.6) is 0 Å². The molecule has 0 spiro atoms. The van der Waals surface area contributed by atoms with E-state index in [-0.39, 0.29) is 5.92 Å². The fraction of sp³-hybridized carbons (Fsp3) is 0.375. The average Bonchev–Trinajstić information content (AvgIpc) is 3.31. The van der Waals surface area contributed by atoms with E-state index in [9.17, 15) is 8.78 Å². The van der Waals surface area contributed by atoms with Gasteiger partial charge in [0.15, 0.2) is 0 Å². The predicted octanol–water partition coefficient (Wildman–Crippen LogP) is 1.78. The third kappa shape index (κ3) is 3.14. The van der Waals surface area contributed by atoms with E-state index >= 15 is 0 Å². The number of halogens is 2. The van der Waals surface area contributed by atoms with E-state index in [0.29, 0.717) is 31.7 Å². The Bertz CT molecular complexity index is 838. The topological polar surface area (TPSA) is 70.7 Å². The number of rotatable bonds is 5. The molecule has 25 heavy (non-hydrogen) atoms. The van der Waals surface area contributed by atoms with Gasteiger partial charge in [-0.25, -0.2) is 23.4 Å². The molecule has 130 valence electrons. The van der Waals surface area contributed by atoms with Crippen molar-refractivity contribution >= 4 is 0 Å². The first-order chi connectivity index (χ1) is 12.1. The quantitative estimate of drug-likeness (QED) is 0.704. The molecule has 0 unspecified atom stereocenters. The Hall–Kier alpha value is -2.68. The second-order valence-electron chi connectivity index (χ2n) is 6.21. The van der Waals surface area contributed by atoms with Crippen LogP contribution in [0.15, 0.2) is 43.5 Å². The minimum atomic E-state index is -0.934. The van der Waals surface area contributed by atoms with Gasteiger partial charge in [-0.05, 0) is 12.5 Å². The summed E-state index contributed by atoms with van der Waals surface area (Å²) < 4.78 is 37.2. The van der Waals surface area contributed by atoms with E-state index in [1.54, 1.807) is 22.0 Å². The molecule has 2 atom stereocenters. The molecule has 1 aliphatic rings. The van der Waals surface area contributed by atoms with Crippen molar-refractivity contribution in [2.24, 2.45) is 5.92 Å². The largest absolute Gasteiger partial charge is 0.368 e. The van der Waals surface area contributed by atoms with E-state index in [4.69, 9.17) is 4.74 Å². The normalized spacial score (nSPS) is 23.2. The Balaban J connectivity index is 1.65. The number of aromatic nitrogens is 6. The van der Waals surface area contributed by atoms with Gasteiger partial charge in [0.1, 0.15) is 42.5 Å². The van der Waals surface area contributed by atoms with E-state index in [2.05, 4.69) is 20.2 Å². The first-order valence-corrected chi connectivity index (χ1v) is 7.89. The fourth-order valence-electron chi connectivity index (χ4n) is 3.39. The number of hydrogen-bond donors (Lipinski definition) is 0. The molecule has 1 aliphatic heterocycles. The molecule has 0 saturated carbocycles. The smallest absolute Gasteiger partial charge is 0.137 e. The summed E-state index contributed by atoms with van der Waals surface area (Å²) in [5.41, 5.74) is -0.609. The van der Waals surface area contributed by atoms with Crippen LogP contribution in [0.3, 0.4) is 0 Å². The van der Waals surface area contributed by atoms with Gasteiger partial charge in [0.2, 0.25) is 0 Å². The van der Waals surface area contributed by atoms with Crippen LogP contribution < -0.4 is 0 Å². The maximum absolute atomic E-state index is 14.5. The van der Waals surface area contributed by atoms with Gasteiger partial charge in [-0.1, -0.05) is 6.07 Å². The zero-order valence-electron chi connectivity index (χ0n) is 13.3. The summed E-state index contributed by atoms with van der Waals surface area (Å²) in [6.07, 6.45) is 6.62. The van der Waals surface area contributed by atoms with E-state index in [1.165, 1.54) is 24.8 Å². The van der Waals surface area contributed by atoms with E-state index in [0.717, 1.165) is 6.07 Å². The minimum Gasteiger partial charge on any atom is -0.368 e. The zero-order chi connectivity index (χ0) is 17.3. The number of benzene rings is 1. The molecular formula is C16H16F2N6O. The molecule has 0 aliphatic carbocycles. The lowest BCUT2D eigenvalue weighted by atomic mass is 9.86. The highest BCUT2D eigenvalue weighted by molar-refractivity contribution is 5.26. The Morgan fingerprint density at radius 2 is 1.88 bits per heavy atom. The molecule has 1 fully saturated rings. The SMILES string of the molecule is Fc1ccc([C@@]2(Cn3cncn3)C[C@H](Cn3cncn3)CO2)c(F)c1. The van der Waals surface area contributed by atoms with Crippen molar-refractivity contribution in [1.29, 1.82) is 0 Å². The molecule has 0 N–H and O–H groups in total. The summed E-state index contributed by atoms with van der Waals surface area (Å²) in [4.78, 5) is 7.86. The van der Waals surface area contributed by atoms with Crippen LogP contribution in [0.25, 0.3) is 0 Å². The van der Waals surface area contributed by atoms with Gasteiger partial charge in [-0.2, -0.15) is 10.2 Å². The summed E-state index contributed by atoms with van der Waals surface area (Å²) in [5.74, 6) is -1.12. The number of hydrogen-bond acceptors (Lipinski definition) is 5. The standard InChI is InChI=1S/C16H16F2N6O/c17-13-1-2-14(15(18)3-13)16(7-24-11-20-9-22-24)4-12(6-25-16)5-23-10-19-8-21-23/h1-3,8-12H,4-7H2/t12-,16+/m1/s1. The maximum Gasteiger partial charge on any atom is 0.137 e. The second kappa shape index (κ2) is 6.32. The minimum absolute atomic E-state index is 0.120. The Morgan fingerprint density at radius 1 is 1.12 bits per heavy atom. The van der Waals surface area contributed by atoms with E-state index in [1.807, 2.05) is 0 Å². The summed E-state index contributed by atoms with van der Waals surface area (Å²) in [7, 11) is 0. The highest BCUT2D eigenvalue weighted by Gasteiger charge is 2.44. The average molecular weight is 346 g/mol. The van der Waals surface area contributed by atoms with Crippen LogP contribution in [0, 0.1) is 17.6 Å². The van der Waals surface area contributed by atoms with Crippen molar-refractivity contribution in [2.75, 3.05) is 6.61 Å². The zero-order valence-corrected chi connectivity index (χ0v) is 13.3. The van der Waals surface area contributed by atoms with Gasteiger partial charge in [0.05, 0.1) is 13.2 Å². The van der Waals surface area contributed by atoms with Crippen molar-refractivity contribution < 1.29 is 13.5 Å². The molecule has 1 saturated heterocycles. The Morgan fingerprint density at radius 3 is 2.56 bits per heavy atom. The van der Waals surface area contributed by atoms with E-state index < -0.39 is 17.2 Å². The molecule has 7 nitrogen and oxygen atoms in total. The van der Waals surface area contributed by atoms with Crippen molar-refractivity contribution in [3.63, 3.8) is 0 Å². The van der Waals surface area contributed by atoms with Gasteiger partial charge < -0.3 is 4.74 Å². The lowest BCUT2D eigenvalue weighted by Gasteiger charge is -2.29. The third-order valence-corrected chi connectivity index (χ3v) is 4.43. The molecule has 4 rings (SSSR count). The fourth-order valence-corrected chi connectivity index (χ4v) is 3.39. The molecule has 9 heteroatoms. The molecular weight excluding hydrogens is 330 g/mol. The van der Waals surface area contributed by atoms with Crippen molar-refractivity contribution in [3.05, 3.63) is 60.7 Å².